The van der Waals surface area contributed by atoms with Crippen LogP contribution in [0.25, 0.3) is 11.2 Å². The number of anilines is 1. The largest absolute Gasteiger partial charge is 0.370 e. The summed E-state index contributed by atoms with van der Waals surface area (Å²) in [5, 5.41) is 4.39. The fourth-order valence-corrected chi connectivity index (χ4v) is 2.27. The highest BCUT2D eigenvalue weighted by Gasteiger charge is 2.21. The Morgan fingerprint density at radius 2 is 2.17 bits per heavy atom. The number of nitrogens with two attached hydrogens (primary N) is 2. The molecule has 0 saturated carbocycles. The predicted octanol–water partition coefficient (Wildman–Crippen LogP) is 0.351. The summed E-state index contributed by atoms with van der Waals surface area (Å²) in [6.07, 6.45) is 1.01. The van der Waals surface area contributed by atoms with Crippen molar-refractivity contribution in [1.82, 2.24) is 19.3 Å². The third-order valence-electron chi connectivity index (χ3n) is 3.04. The van der Waals surface area contributed by atoms with Crippen molar-refractivity contribution in [1.29, 1.82) is 0 Å². The molecule has 1 amide bonds. The van der Waals surface area contributed by atoms with E-state index in [-0.39, 0.29) is 18.4 Å². The van der Waals surface area contributed by atoms with E-state index < -0.39 is 0 Å². The second-order valence-electron chi connectivity index (χ2n) is 4.46. The van der Waals surface area contributed by atoms with Crippen LogP contribution in [0.15, 0.2) is 0 Å². The Morgan fingerprint density at radius 3 is 2.72 bits per heavy atom. The van der Waals surface area contributed by atoms with Gasteiger partial charge in [-0.15, -0.1) is 0 Å². The Balaban J connectivity index is 2.59. The number of nitrogens with zero attached hydrogens (tertiary/aromatic N) is 4. The summed E-state index contributed by atoms with van der Waals surface area (Å²) in [5.74, 6) is 0.0306. The fourth-order valence-electron chi connectivity index (χ4n) is 2.27. The predicted molar refractivity (Wildman–Crippen MR) is 68.8 cm³/mol. The molecule has 0 spiro atoms. The smallest absolute Gasteiger partial charge is 0.219 e. The fraction of sp³-hybridized carbons (Fsp3) is 0.545. The van der Waals surface area contributed by atoms with Crippen molar-refractivity contribution in [3.05, 3.63) is 5.69 Å². The van der Waals surface area contributed by atoms with Gasteiger partial charge < -0.3 is 11.5 Å². The van der Waals surface area contributed by atoms with Crippen molar-refractivity contribution in [3.63, 3.8) is 0 Å². The topological polar surface area (TPSA) is 105 Å². The average molecular weight is 250 g/mol. The Hall–Kier alpha value is -2.05. The molecule has 98 valence electrons. The van der Waals surface area contributed by atoms with E-state index in [1.165, 1.54) is 0 Å². The molecule has 0 bridgehead atoms. The minimum Gasteiger partial charge on any atom is -0.370 e. The lowest BCUT2D eigenvalue weighted by molar-refractivity contribution is -0.118. The molecule has 0 radical (unpaired) electrons. The first-order chi connectivity index (χ1) is 8.45. The van der Waals surface area contributed by atoms with Gasteiger partial charge in [0.2, 0.25) is 11.9 Å². The quantitative estimate of drug-likeness (QED) is 0.816. The highest BCUT2D eigenvalue weighted by atomic mass is 16.1. The molecule has 0 fully saturated rings. The van der Waals surface area contributed by atoms with Crippen LogP contribution < -0.4 is 11.5 Å². The SMILES string of the molecule is CCc1nn(C)c2c1nc(N)n2C(C)CC(N)=O. The molecule has 0 aliphatic carbocycles. The summed E-state index contributed by atoms with van der Waals surface area (Å²) >= 11 is 0. The molecular formula is C11H18N6O. The van der Waals surface area contributed by atoms with Crippen LogP contribution in [0.1, 0.15) is 32.0 Å². The maximum absolute atomic E-state index is 11.0. The normalized spacial score (nSPS) is 13.1. The van der Waals surface area contributed by atoms with Gasteiger partial charge in [-0.2, -0.15) is 5.10 Å². The summed E-state index contributed by atoms with van der Waals surface area (Å²) in [5.41, 5.74) is 13.7. The lowest BCUT2D eigenvalue weighted by atomic mass is 10.2. The number of hydrogen-bond acceptors (Lipinski definition) is 4. The second-order valence-corrected chi connectivity index (χ2v) is 4.46. The van der Waals surface area contributed by atoms with Gasteiger partial charge in [0.05, 0.1) is 5.69 Å². The second kappa shape index (κ2) is 4.32. The van der Waals surface area contributed by atoms with Crippen LogP contribution in [0.4, 0.5) is 5.95 Å². The Labute approximate surface area is 105 Å². The van der Waals surface area contributed by atoms with Gasteiger partial charge in [0.1, 0.15) is 5.52 Å². The van der Waals surface area contributed by atoms with Crippen molar-refractivity contribution in [2.45, 2.75) is 32.7 Å². The molecule has 2 rings (SSSR count). The van der Waals surface area contributed by atoms with Crippen LogP contribution in [0, 0.1) is 0 Å². The molecule has 2 heterocycles. The zero-order chi connectivity index (χ0) is 13.4. The molecule has 4 N–H and O–H groups in total. The number of imidazole rings is 1. The van der Waals surface area contributed by atoms with Crippen LogP contribution in [0.3, 0.4) is 0 Å². The summed E-state index contributed by atoms with van der Waals surface area (Å²) < 4.78 is 3.56. The third kappa shape index (κ3) is 1.81. The number of nitrogen functional groups attached to an aromatic ring is 1. The molecule has 0 aromatic carbocycles. The van der Waals surface area contributed by atoms with Crippen LogP contribution >= 0.6 is 0 Å². The van der Waals surface area contributed by atoms with Gasteiger partial charge in [-0.3, -0.25) is 14.0 Å². The van der Waals surface area contributed by atoms with Gasteiger partial charge in [-0.25, -0.2) is 4.98 Å². The van der Waals surface area contributed by atoms with E-state index in [1.54, 1.807) is 4.68 Å². The first-order valence-corrected chi connectivity index (χ1v) is 5.93. The van der Waals surface area contributed by atoms with Crippen molar-refractivity contribution in [2.24, 2.45) is 12.8 Å². The highest BCUT2D eigenvalue weighted by molar-refractivity contribution is 5.79. The number of aromatic nitrogens is 4. The molecule has 0 aliphatic heterocycles. The van der Waals surface area contributed by atoms with Crippen molar-refractivity contribution in [2.75, 3.05) is 5.73 Å². The maximum Gasteiger partial charge on any atom is 0.219 e. The molecule has 0 saturated heterocycles. The zero-order valence-corrected chi connectivity index (χ0v) is 10.8. The van der Waals surface area contributed by atoms with E-state index in [9.17, 15) is 4.79 Å². The minimum absolute atomic E-state index is 0.132. The molecule has 7 nitrogen and oxygen atoms in total. The number of amides is 1. The van der Waals surface area contributed by atoms with Gasteiger partial charge in [-0.05, 0) is 13.3 Å². The number of fused-ring (bicyclic) bond motifs is 1. The van der Waals surface area contributed by atoms with Crippen LogP contribution in [-0.4, -0.2) is 25.2 Å². The van der Waals surface area contributed by atoms with Gasteiger partial charge in [-0.1, -0.05) is 6.92 Å². The van der Waals surface area contributed by atoms with E-state index in [0.29, 0.717) is 5.95 Å². The number of rotatable bonds is 4. The molecule has 1 unspecified atom stereocenters. The number of aryl methyl sites for hydroxylation is 2. The molecule has 2 aromatic heterocycles. The van der Waals surface area contributed by atoms with Gasteiger partial charge in [0.15, 0.2) is 5.65 Å². The van der Waals surface area contributed by atoms with Crippen molar-refractivity contribution >= 4 is 23.0 Å². The number of carbonyl (C=O) groups is 1. The summed E-state index contributed by atoms with van der Waals surface area (Å²) in [4.78, 5) is 15.4. The Bertz CT molecular complexity index is 596. The number of primary amides is 1. The minimum atomic E-state index is -0.360. The lowest BCUT2D eigenvalue weighted by Crippen LogP contribution is -2.19. The highest BCUT2D eigenvalue weighted by Crippen LogP contribution is 2.26. The molecule has 18 heavy (non-hydrogen) atoms. The van der Waals surface area contributed by atoms with E-state index in [0.717, 1.165) is 23.3 Å². The van der Waals surface area contributed by atoms with Crippen LogP contribution in [0.5, 0.6) is 0 Å². The van der Waals surface area contributed by atoms with Gasteiger partial charge >= 0.3 is 0 Å². The van der Waals surface area contributed by atoms with Crippen LogP contribution in [0.2, 0.25) is 0 Å². The molecule has 0 aliphatic rings. The van der Waals surface area contributed by atoms with E-state index in [2.05, 4.69) is 10.1 Å². The lowest BCUT2D eigenvalue weighted by Gasteiger charge is -2.14. The van der Waals surface area contributed by atoms with E-state index in [4.69, 9.17) is 11.5 Å². The summed E-state index contributed by atoms with van der Waals surface area (Å²) in [7, 11) is 1.84. The standard InChI is InChI=1S/C11H18N6O/c1-4-7-9-10(16(3)15-7)17(11(13)14-9)6(2)5-8(12)18/h6H,4-5H2,1-3H3,(H2,12,18)(H2,13,14). The molecule has 1 atom stereocenters. The first kappa shape index (κ1) is 12.4. The van der Waals surface area contributed by atoms with Crippen molar-refractivity contribution in [3.8, 4) is 0 Å². The Morgan fingerprint density at radius 1 is 1.50 bits per heavy atom. The number of hydrogen-bond donors (Lipinski definition) is 2. The van der Waals surface area contributed by atoms with Crippen molar-refractivity contribution < 1.29 is 4.79 Å². The number of carbonyl (C=O) groups excluding carboxylic acids is 1. The Kier molecular flexibility index (Phi) is 2.98. The van der Waals surface area contributed by atoms with Crippen LogP contribution in [-0.2, 0) is 18.3 Å². The monoisotopic (exact) mass is 250 g/mol. The van der Waals surface area contributed by atoms with Gasteiger partial charge in [0, 0.05) is 19.5 Å². The van der Waals surface area contributed by atoms with E-state index in [1.807, 2.05) is 25.5 Å². The maximum atomic E-state index is 11.0. The van der Waals surface area contributed by atoms with Gasteiger partial charge in [0.25, 0.3) is 0 Å². The summed E-state index contributed by atoms with van der Waals surface area (Å²) in [6.45, 7) is 3.91. The zero-order valence-electron chi connectivity index (χ0n) is 10.8. The average Bonchev–Trinajstić information content (AvgIpc) is 2.75. The molecule has 2 aromatic rings. The third-order valence-corrected chi connectivity index (χ3v) is 3.04. The van der Waals surface area contributed by atoms with E-state index >= 15 is 0 Å². The first-order valence-electron chi connectivity index (χ1n) is 5.93. The molecular weight excluding hydrogens is 232 g/mol. The molecule has 7 heteroatoms. The summed E-state index contributed by atoms with van der Waals surface area (Å²) in [6, 6.07) is -0.132.